The van der Waals surface area contributed by atoms with Crippen LogP contribution in [0.5, 0.6) is 0 Å². The third-order valence-corrected chi connectivity index (χ3v) is 3.24. The van der Waals surface area contributed by atoms with Gasteiger partial charge >= 0.3 is 0 Å². The summed E-state index contributed by atoms with van der Waals surface area (Å²) < 4.78 is 1.87. The molecule has 1 aromatic carbocycles. The van der Waals surface area contributed by atoms with Gasteiger partial charge in [0.2, 0.25) is 0 Å². The lowest BCUT2D eigenvalue weighted by atomic mass is 9.95. The van der Waals surface area contributed by atoms with Crippen LogP contribution in [0.1, 0.15) is 13.8 Å². The molecular formula is C14H18ClN3O. The highest BCUT2D eigenvalue weighted by Crippen LogP contribution is 2.29. The number of aliphatic hydroxyl groups excluding tert-OH is 1. The van der Waals surface area contributed by atoms with Gasteiger partial charge in [-0.2, -0.15) is 0 Å². The zero-order valence-electron chi connectivity index (χ0n) is 11.1. The maximum Gasteiger partial charge on any atom is 0.0992 e. The molecule has 0 fully saturated rings. The topological polar surface area (TPSA) is 50.1 Å². The average Bonchev–Trinajstić information content (AvgIpc) is 2.90. The number of aromatic nitrogens is 2. The Morgan fingerprint density at radius 3 is 2.84 bits per heavy atom. The van der Waals surface area contributed by atoms with Gasteiger partial charge in [0, 0.05) is 31.0 Å². The number of imidazole rings is 1. The third-order valence-electron chi connectivity index (χ3n) is 2.93. The highest BCUT2D eigenvalue weighted by Gasteiger charge is 2.17. The van der Waals surface area contributed by atoms with Gasteiger partial charge in [0.05, 0.1) is 22.7 Å². The molecule has 0 aliphatic rings. The molecule has 0 radical (unpaired) electrons. The highest BCUT2D eigenvalue weighted by atomic mass is 35.5. The Morgan fingerprint density at radius 1 is 1.42 bits per heavy atom. The number of anilines is 1. The fourth-order valence-electron chi connectivity index (χ4n) is 1.70. The van der Waals surface area contributed by atoms with Crippen LogP contribution in [0.15, 0.2) is 36.9 Å². The molecule has 5 heteroatoms. The second-order valence-electron chi connectivity index (χ2n) is 5.28. The summed E-state index contributed by atoms with van der Waals surface area (Å²) in [5.74, 6) is 0. The lowest BCUT2D eigenvalue weighted by Crippen LogP contribution is -2.27. The SMILES string of the molecule is CC(C)(CO)CNc1cccc(Cl)c1-n1ccnc1. The van der Waals surface area contributed by atoms with E-state index in [4.69, 9.17) is 11.6 Å². The summed E-state index contributed by atoms with van der Waals surface area (Å²) in [4.78, 5) is 4.04. The first-order valence-corrected chi connectivity index (χ1v) is 6.53. The Hall–Kier alpha value is -1.52. The van der Waals surface area contributed by atoms with Crippen LogP contribution in [0.2, 0.25) is 5.02 Å². The van der Waals surface area contributed by atoms with Crippen molar-refractivity contribution in [2.75, 3.05) is 18.5 Å². The average molecular weight is 280 g/mol. The van der Waals surface area contributed by atoms with Crippen LogP contribution in [0.4, 0.5) is 5.69 Å². The Kier molecular flexibility index (Phi) is 4.12. The van der Waals surface area contributed by atoms with Gasteiger partial charge in [-0.3, -0.25) is 0 Å². The van der Waals surface area contributed by atoms with Crippen molar-refractivity contribution >= 4 is 17.3 Å². The number of halogens is 1. The zero-order chi connectivity index (χ0) is 13.9. The van der Waals surface area contributed by atoms with E-state index in [0.29, 0.717) is 11.6 Å². The predicted molar refractivity (Wildman–Crippen MR) is 77.9 cm³/mol. The van der Waals surface area contributed by atoms with E-state index in [1.807, 2.05) is 42.8 Å². The summed E-state index contributed by atoms with van der Waals surface area (Å²) in [6.07, 6.45) is 5.28. The molecule has 0 unspecified atom stereocenters. The van der Waals surface area contributed by atoms with E-state index in [0.717, 1.165) is 11.4 Å². The summed E-state index contributed by atoms with van der Waals surface area (Å²) in [7, 11) is 0. The standard InChI is InChI=1S/C14H18ClN3O/c1-14(2,9-19)8-17-12-5-3-4-11(15)13(12)18-7-6-16-10-18/h3-7,10,17,19H,8-9H2,1-2H3. The van der Waals surface area contributed by atoms with Gasteiger partial charge in [0.15, 0.2) is 0 Å². The molecule has 0 amide bonds. The molecule has 0 spiro atoms. The van der Waals surface area contributed by atoms with Gasteiger partial charge in [-0.15, -0.1) is 0 Å². The van der Waals surface area contributed by atoms with Gasteiger partial charge in [-0.1, -0.05) is 31.5 Å². The fourth-order valence-corrected chi connectivity index (χ4v) is 1.97. The highest BCUT2D eigenvalue weighted by molar-refractivity contribution is 6.33. The van der Waals surface area contributed by atoms with Crippen LogP contribution in [-0.4, -0.2) is 27.8 Å². The third kappa shape index (κ3) is 3.28. The van der Waals surface area contributed by atoms with Gasteiger partial charge in [-0.25, -0.2) is 4.98 Å². The number of para-hydroxylation sites is 1. The predicted octanol–water partition coefficient (Wildman–Crippen LogP) is 2.96. The minimum Gasteiger partial charge on any atom is -0.396 e. The molecule has 0 bridgehead atoms. The van der Waals surface area contributed by atoms with E-state index >= 15 is 0 Å². The minimum atomic E-state index is -0.186. The molecule has 19 heavy (non-hydrogen) atoms. The van der Waals surface area contributed by atoms with Crippen molar-refractivity contribution in [2.45, 2.75) is 13.8 Å². The molecule has 0 saturated heterocycles. The number of rotatable bonds is 5. The van der Waals surface area contributed by atoms with Gasteiger partial charge < -0.3 is 15.0 Å². The van der Waals surface area contributed by atoms with Gasteiger partial charge in [-0.05, 0) is 12.1 Å². The quantitative estimate of drug-likeness (QED) is 0.885. The Bertz CT molecular complexity index is 538. The number of benzene rings is 1. The number of aliphatic hydroxyl groups is 1. The van der Waals surface area contributed by atoms with Crippen LogP contribution < -0.4 is 5.32 Å². The molecule has 1 aromatic heterocycles. The van der Waals surface area contributed by atoms with Crippen LogP contribution >= 0.6 is 11.6 Å². The molecule has 2 N–H and O–H groups in total. The van der Waals surface area contributed by atoms with E-state index < -0.39 is 0 Å². The molecule has 0 aliphatic heterocycles. The second-order valence-corrected chi connectivity index (χ2v) is 5.69. The summed E-state index contributed by atoms with van der Waals surface area (Å²) in [6, 6.07) is 5.71. The Labute approximate surface area is 118 Å². The summed E-state index contributed by atoms with van der Waals surface area (Å²) in [5, 5.41) is 13.3. The van der Waals surface area contributed by atoms with Crippen molar-refractivity contribution in [3.8, 4) is 5.69 Å². The normalized spacial score (nSPS) is 11.6. The Balaban J connectivity index is 2.29. The number of hydrogen-bond acceptors (Lipinski definition) is 3. The number of hydrogen-bond donors (Lipinski definition) is 2. The fraction of sp³-hybridized carbons (Fsp3) is 0.357. The molecule has 4 nitrogen and oxygen atoms in total. The molecule has 0 atom stereocenters. The van der Waals surface area contributed by atoms with Crippen molar-refractivity contribution in [2.24, 2.45) is 5.41 Å². The van der Waals surface area contributed by atoms with E-state index in [2.05, 4.69) is 10.3 Å². The first-order chi connectivity index (χ1) is 9.03. The van der Waals surface area contributed by atoms with E-state index in [-0.39, 0.29) is 12.0 Å². The maximum absolute atomic E-state index is 9.30. The lowest BCUT2D eigenvalue weighted by molar-refractivity contribution is 0.171. The van der Waals surface area contributed by atoms with Crippen LogP contribution in [0, 0.1) is 5.41 Å². The molecule has 1 heterocycles. The molecule has 2 aromatic rings. The Morgan fingerprint density at radius 2 is 2.21 bits per heavy atom. The molecule has 102 valence electrons. The lowest BCUT2D eigenvalue weighted by Gasteiger charge is -2.24. The largest absolute Gasteiger partial charge is 0.396 e. The van der Waals surface area contributed by atoms with E-state index in [9.17, 15) is 5.11 Å². The molecule has 0 aliphatic carbocycles. The zero-order valence-corrected chi connectivity index (χ0v) is 11.9. The van der Waals surface area contributed by atoms with Crippen molar-refractivity contribution in [1.29, 1.82) is 0 Å². The second kappa shape index (κ2) is 5.63. The first-order valence-electron chi connectivity index (χ1n) is 6.15. The number of nitrogens with zero attached hydrogens (tertiary/aromatic N) is 2. The smallest absolute Gasteiger partial charge is 0.0992 e. The molecule has 2 rings (SSSR count). The van der Waals surface area contributed by atoms with E-state index in [1.165, 1.54) is 0 Å². The summed E-state index contributed by atoms with van der Waals surface area (Å²) >= 11 is 6.27. The van der Waals surface area contributed by atoms with E-state index in [1.54, 1.807) is 12.5 Å². The van der Waals surface area contributed by atoms with Crippen LogP contribution in [0.3, 0.4) is 0 Å². The van der Waals surface area contributed by atoms with Crippen molar-refractivity contribution in [1.82, 2.24) is 9.55 Å². The minimum absolute atomic E-state index is 0.126. The number of nitrogens with one attached hydrogen (secondary N) is 1. The summed E-state index contributed by atoms with van der Waals surface area (Å²) in [6.45, 7) is 4.79. The van der Waals surface area contributed by atoms with Crippen molar-refractivity contribution in [3.63, 3.8) is 0 Å². The monoisotopic (exact) mass is 279 g/mol. The van der Waals surface area contributed by atoms with Crippen molar-refractivity contribution in [3.05, 3.63) is 41.9 Å². The molecular weight excluding hydrogens is 262 g/mol. The van der Waals surface area contributed by atoms with Gasteiger partial charge in [0.25, 0.3) is 0 Å². The van der Waals surface area contributed by atoms with Crippen LogP contribution in [0.25, 0.3) is 5.69 Å². The van der Waals surface area contributed by atoms with Crippen LogP contribution in [-0.2, 0) is 0 Å². The maximum atomic E-state index is 9.30. The first kappa shape index (κ1) is 13.9. The van der Waals surface area contributed by atoms with Gasteiger partial charge in [0.1, 0.15) is 0 Å². The molecule has 0 saturated carbocycles. The van der Waals surface area contributed by atoms with Crippen molar-refractivity contribution < 1.29 is 5.11 Å². The summed E-state index contributed by atoms with van der Waals surface area (Å²) in [5.41, 5.74) is 1.61.